The van der Waals surface area contributed by atoms with Crippen LogP contribution in [0.2, 0.25) is 0 Å². The number of aliphatic hydroxyl groups is 1. The number of ether oxygens (including phenoxy) is 1. The van der Waals surface area contributed by atoms with Crippen molar-refractivity contribution in [2.75, 3.05) is 38.2 Å². The fraction of sp³-hybridized carbons (Fsp3) is 0.429. The predicted octanol–water partition coefficient (Wildman–Crippen LogP) is 2.28. The van der Waals surface area contributed by atoms with E-state index in [4.69, 9.17) is 22.1 Å². The molecule has 3 rings (SSSR count). The number of anilines is 1. The zero-order chi connectivity index (χ0) is 22.5. The number of carbonyl (C=O) groups is 1. The molecule has 0 radical (unpaired) electrons. The van der Waals surface area contributed by atoms with Gasteiger partial charge in [0.1, 0.15) is 15.8 Å². The molecule has 3 heterocycles. The number of hydrogen-bond donors (Lipinski definition) is 2. The van der Waals surface area contributed by atoms with Crippen LogP contribution in [0, 0.1) is 12.8 Å². The molecule has 1 amide bonds. The molecule has 1 aliphatic rings. The highest BCUT2D eigenvalue weighted by molar-refractivity contribution is 8.26. The molecule has 1 fully saturated rings. The van der Waals surface area contributed by atoms with Crippen LogP contribution in [0.4, 0.5) is 5.82 Å². The Morgan fingerprint density at radius 1 is 1.32 bits per heavy atom. The van der Waals surface area contributed by atoms with Crippen LogP contribution in [0.5, 0.6) is 0 Å². The Hall–Kier alpha value is -2.27. The number of thiocarbonyl (C=S) groups is 1. The number of nitrogens with zero attached hydrogens (tertiary/aromatic N) is 3. The number of amides is 1. The van der Waals surface area contributed by atoms with Crippen molar-refractivity contribution in [1.82, 2.24) is 14.3 Å². The highest BCUT2D eigenvalue weighted by Crippen LogP contribution is 2.33. The zero-order valence-corrected chi connectivity index (χ0v) is 19.4. The topological polar surface area (TPSA) is 96.2 Å². The Labute approximate surface area is 190 Å². The van der Waals surface area contributed by atoms with Crippen LogP contribution in [-0.4, -0.2) is 62.5 Å². The van der Waals surface area contributed by atoms with Crippen molar-refractivity contribution in [3.05, 3.63) is 44.7 Å². The molecule has 10 heteroatoms. The van der Waals surface area contributed by atoms with Gasteiger partial charge in [0.05, 0.1) is 30.3 Å². The maximum Gasteiger partial charge on any atom is 0.267 e. The number of fused-ring (bicyclic) bond motifs is 1. The van der Waals surface area contributed by atoms with Crippen LogP contribution < -0.4 is 10.9 Å². The zero-order valence-electron chi connectivity index (χ0n) is 17.8. The third-order valence-electron chi connectivity index (χ3n) is 4.48. The van der Waals surface area contributed by atoms with E-state index < -0.39 is 0 Å². The lowest BCUT2D eigenvalue weighted by Gasteiger charge is -2.16. The third-order valence-corrected chi connectivity index (χ3v) is 5.85. The minimum Gasteiger partial charge on any atom is -0.394 e. The Morgan fingerprint density at radius 3 is 2.81 bits per heavy atom. The van der Waals surface area contributed by atoms with Crippen molar-refractivity contribution < 1.29 is 14.6 Å². The molecule has 0 atom stereocenters. The summed E-state index contributed by atoms with van der Waals surface area (Å²) in [6.45, 7) is 7.38. The van der Waals surface area contributed by atoms with E-state index in [-0.39, 0.29) is 36.2 Å². The van der Waals surface area contributed by atoms with Crippen LogP contribution in [0.25, 0.3) is 11.7 Å². The highest BCUT2D eigenvalue weighted by Gasteiger charge is 2.32. The number of nitrogens with one attached hydrogen (secondary N) is 1. The summed E-state index contributed by atoms with van der Waals surface area (Å²) < 4.78 is 7.24. The Morgan fingerprint density at radius 2 is 2.10 bits per heavy atom. The van der Waals surface area contributed by atoms with Crippen molar-refractivity contribution in [3.63, 3.8) is 0 Å². The van der Waals surface area contributed by atoms with Gasteiger partial charge >= 0.3 is 0 Å². The molecule has 2 aromatic heterocycles. The van der Waals surface area contributed by atoms with Gasteiger partial charge in [0.2, 0.25) is 0 Å². The molecule has 0 bridgehead atoms. The number of hydrogen-bond acceptors (Lipinski definition) is 8. The van der Waals surface area contributed by atoms with E-state index in [1.807, 2.05) is 26.8 Å². The van der Waals surface area contributed by atoms with Crippen LogP contribution >= 0.6 is 24.0 Å². The molecule has 2 N–H and O–H groups in total. The van der Waals surface area contributed by atoms with Crippen molar-refractivity contribution in [2.24, 2.45) is 5.92 Å². The van der Waals surface area contributed by atoms with Gasteiger partial charge in [0, 0.05) is 19.3 Å². The first-order chi connectivity index (χ1) is 14.8. The van der Waals surface area contributed by atoms with Gasteiger partial charge < -0.3 is 15.2 Å². The normalized spacial score (nSPS) is 15.6. The molecule has 0 aliphatic carbocycles. The maximum atomic E-state index is 13.3. The summed E-state index contributed by atoms with van der Waals surface area (Å²) in [5.74, 6) is 0.444. The molecule has 166 valence electrons. The lowest BCUT2D eigenvalue weighted by atomic mass is 10.2. The number of pyridine rings is 1. The predicted molar refractivity (Wildman–Crippen MR) is 127 cm³/mol. The van der Waals surface area contributed by atoms with E-state index >= 15 is 0 Å². The fourth-order valence-corrected chi connectivity index (χ4v) is 4.34. The van der Waals surface area contributed by atoms with E-state index in [1.165, 1.54) is 16.2 Å². The van der Waals surface area contributed by atoms with Gasteiger partial charge in [-0.25, -0.2) is 4.98 Å². The Balaban J connectivity index is 2.00. The Kier molecular flexibility index (Phi) is 7.82. The van der Waals surface area contributed by atoms with Crippen molar-refractivity contribution in [2.45, 2.75) is 20.8 Å². The molecular weight excluding hydrogens is 436 g/mol. The van der Waals surface area contributed by atoms with Crippen LogP contribution in [-0.2, 0) is 9.53 Å². The van der Waals surface area contributed by atoms with Crippen LogP contribution in [0.1, 0.15) is 25.0 Å². The van der Waals surface area contributed by atoms with E-state index in [0.717, 1.165) is 5.56 Å². The van der Waals surface area contributed by atoms with Crippen molar-refractivity contribution >= 4 is 51.7 Å². The lowest BCUT2D eigenvalue weighted by Crippen LogP contribution is -2.31. The minimum absolute atomic E-state index is 0.0571. The molecule has 2 aromatic rings. The SMILES string of the molecule is Cc1ccc2nc(NCCOCCO)c(/C=C3\SC(=S)N(CC(C)C)C3=O)c(=O)n2c1. The first-order valence-electron chi connectivity index (χ1n) is 10.0. The van der Waals surface area contributed by atoms with Gasteiger partial charge in [0.25, 0.3) is 11.5 Å². The number of aromatic nitrogens is 2. The molecule has 8 nitrogen and oxygen atoms in total. The second kappa shape index (κ2) is 10.4. The van der Waals surface area contributed by atoms with E-state index in [0.29, 0.717) is 40.4 Å². The first kappa shape index (κ1) is 23.4. The lowest BCUT2D eigenvalue weighted by molar-refractivity contribution is -0.122. The maximum absolute atomic E-state index is 13.3. The number of rotatable bonds is 9. The summed E-state index contributed by atoms with van der Waals surface area (Å²) in [5.41, 5.74) is 1.43. The van der Waals surface area contributed by atoms with E-state index in [2.05, 4.69) is 10.3 Å². The Bertz CT molecular complexity index is 1080. The molecule has 0 unspecified atom stereocenters. The molecule has 0 saturated carbocycles. The average molecular weight is 463 g/mol. The van der Waals surface area contributed by atoms with Gasteiger partial charge in [-0.1, -0.05) is 43.9 Å². The van der Waals surface area contributed by atoms with Gasteiger partial charge in [-0.3, -0.25) is 18.9 Å². The second-order valence-corrected chi connectivity index (χ2v) is 9.24. The third kappa shape index (κ3) is 5.51. The van der Waals surface area contributed by atoms with Gasteiger partial charge in [0.15, 0.2) is 0 Å². The number of aryl methyl sites for hydroxylation is 1. The monoisotopic (exact) mass is 462 g/mol. The average Bonchev–Trinajstić information content (AvgIpc) is 2.98. The van der Waals surface area contributed by atoms with Gasteiger partial charge in [-0.2, -0.15) is 0 Å². The number of thioether (sulfide) groups is 1. The first-order valence-corrected chi connectivity index (χ1v) is 11.2. The molecule has 0 spiro atoms. The summed E-state index contributed by atoms with van der Waals surface area (Å²) >= 11 is 6.57. The summed E-state index contributed by atoms with van der Waals surface area (Å²) in [7, 11) is 0. The molecular formula is C21H26N4O4S2. The van der Waals surface area contributed by atoms with Gasteiger partial charge in [-0.15, -0.1) is 0 Å². The minimum atomic E-state index is -0.276. The largest absolute Gasteiger partial charge is 0.394 e. The number of aliphatic hydroxyl groups excluding tert-OH is 1. The van der Waals surface area contributed by atoms with Crippen molar-refractivity contribution in [3.8, 4) is 0 Å². The van der Waals surface area contributed by atoms with E-state index in [1.54, 1.807) is 23.2 Å². The number of carbonyl (C=O) groups excluding carboxylic acids is 1. The molecule has 0 aromatic carbocycles. The molecule has 1 aliphatic heterocycles. The molecule has 31 heavy (non-hydrogen) atoms. The quantitative estimate of drug-likeness (QED) is 0.333. The smallest absolute Gasteiger partial charge is 0.267 e. The summed E-state index contributed by atoms with van der Waals surface area (Å²) in [6, 6.07) is 3.66. The fourth-order valence-electron chi connectivity index (χ4n) is 3.09. The molecule has 1 saturated heterocycles. The van der Waals surface area contributed by atoms with Crippen molar-refractivity contribution in [1.29, 1.82) is 0 Å². The summed E-state index contributed by atoms with van der Waals surface area (Å²) in [5, 5.41) is 11.9. The van der Waals surface area contributed by atoms with Crippen LogP contribution in [0.3, 0.4) is 0 Å². The summed E-state index contributed by atoms with van der Waals surface area (Å²) in [6.07, 6.45) is 3.29. The summed E-state index contributed by atoms with van der Waals surface area (Å²) in [4.78, 5) is 32.7. The van der Waals surface area contributed by atoms with Gasteiger partial charge in [-0.05, 0) is 30.5 Å². The standard InChI is InChI=1S/C21H26N4O4S2/c1-13(2)11-25-20(28)16(31-21(25)30)10-15-18(22-6-8-29-9-7-26)23-17-5-4-14(3)12-24(17)19(15)27/h4-5,10,12-13,22,26H,6-9,11H2,1-3H3/b16-10-. The second-order valence-electron chi connectivity index (χ2n) is 7.56. The highest BCUT2D eigenvalue weighted by atomic mass is 32.2. The van der Waals surface area contributed by atoms with E-state index in [9.17, 15) is 9.59 Å². The van der Waals surface area contributed by atoms with Crippen LogP contribution in [0.15, 0.2) is 28.0 Å².